The second-order valence-corrected chi connectivity index (χ2v) is 6.05. The van der Waals surface area contributed by atoms with Gasteiger partial charge in [-0.3, -0.25) is 0 Å². The fourth-order valence-corrected chi connectivity index (χ4v) is 2.52. The van der Waals surface area contributed by atoms with Crippen molar-refractivity contribution >= 4 is 17.5 Å². The lowest BCUT2D eigenvalue weighted by Gasteiger charge is -2.07. The molecule has 0 spiro atoms. The standard InChI is InChI=1S/C20H18O6/c1-11(2)19(21)25-17-8-14-7-15(24-10-23-9-14)5-12(3)6-16-18(17)13(4)20(22)26-16/h5-8H,1,4,9-10H2,2-3H3. The Labute approximate surface area is 151 Å². The summed E-state index contributed by atoms with van der Waals surface area (Å²) in [4.78, 5) is 24.1. The molecule has 26 heavy (non-hydrogen) atoms. The molecule has 2 heterocycles. The van der Waals surface area contributed by atoms with E-state index >= 15 is 0 Å². The first-order chi connectivity index (χ1) is 12.3. The number of carbonyl (C=O) groups is 2. The van der Waals surface area contributed by atoms with Crippen LogP contribution in [0.15, 0.2) is 43.0 Å². The Kier molecular flexibility index (Phi) is 4.77. The quantitative estimate of drug-likeness (QED) is 0.599. The Balaban J connectivity index is 2.33. The van der Waals surface area contributed by atoms with Gasteiger partial charge in [-0.05, 0) is 49.2 Å². The Hall–Kier alpha value is -3.12. The second-order valence-electron chi connectivity index (χ2n) is 6.05. The summed E-state index contributed by atoms with van der Waals surface area (Å²) in [5.41, 5.74) is 2.14. The third kappa shape index (κ3) is 3.60. The number of esters is 2. The van der Waals surface area contributed by atoms with Gasteiger partial charge >= 0.3 is 11.9 Å². The molecule has 0 radical (unpaired) electrons. The van der Waals surface area contributed by atoms with E-state index in [0.717, 1.165) is 5.56 Å². The summed E-state index contributed by atoms with van der Waals surface area (Å²) in [5.74, 6) is -0.221. The van der Waals surface area contributed by atoms with E-state index in [1.165, 1.54) is 6.92 Å². The smallest absolute Gasteiger partial charge is 0.343 e. The maximum absolute atomic E-state index is 12.1. The Morgan fingerprint density at radius 2 is 2.00 bits per heavy atom. The number of rotatable bonds is 2. The normalized spacial score (nSPS) is 14.4. The lowest BCUT2D eigenvalue weighted by Crippen LogP contribution is -2.09. The molecule has 0 N–H and O–H groups in total. The predicted octanol–water partition coefficient (Wildman–Crippen LogP) is 3.40. The molecule has 2 aliphatic rings. The SMILES string of the molecule is C=C(C)C(=O)Oc1cc2cc(cc(C)cc3c1C(=C)C(=O)O3)OCOC2. The minimum absolute atomic E-state index is 0.0999. The molecule has 0 unspecified atom stereocenters. The van der Waals surface area contributed by atoms with E-state index in [1.54, 1.807) is 24.3 Å². The average molecular weight is 354 g/mol. The van der Waals surface area contributed by atoms with Gasteiger partial charge in [-0.25, -0.2) is 9.59 Å². The molecule has 6 nitrogen and oxygen atoms in total. The topological polar surface area (TPSA) is 71.1 Å². The van der Waals surface area contributed by atoms with E-state index in [9.17, 15) is 9.59 Å². The number of aryl methyl sites for hydroxylation is 1. The summed E-state index contributed by atoms with van der Waals surface area (Å²) in [6.07, 6.45) is 0. The Bertz CT molecular complexity index is 896. The molecule has 0 amide bonds. The molecule has 6 heteroatoms. The molecule has 0 saturated heterocycles. The molecule has 0 aromatic heterocycles. The average Bonchev–Trinajstić information content (AvgIpc) is 2.72. The van der Waals surface area contributed by atoms with Gasteiger partial charge in [-0.2, -0.15) is 0 Å². The van der Waals surface area contributed by atoms with Gasteiger partial charge in [-0.1, -0.05) is 13.2 Å². The fourth-order valence-electron chi connectivity index (χ4n) is 2.52. The van der Waals surface area contributed by atoms with E-state index in [-0.39, 0.29) is 36.0 Å². The van der Waals surface area contributed by atoms with Gasteiger partial charge in [-0.15, -0.1) is 0 Å². The summed E-state index contributed by atoms with van der Waals surface area (Å²) in [6.45, 7) is 11.1. The molecule has 0 fully saturated rings. The van der Waals surface area contributed by atoms with Gasteiger partial charge in [0.15, 0.2) is 6.79 Å². The molecule has 1 aromatic rings. The summed E-state index contributed by atoms with van der Waals surface area (Å²) < 4.78 is 21.7. The molecule has 0 aliphatic carbocycles. The number of hydrogen-bond donors (Lipinski definition) is 0. The van der Waals surface area contributed by atoms with Crippen LogP contribution in [0.4, 0.5) is 0 Å². The minimum Gasteiger partial charge on any atom is -0.468 e. The van der Waals surface area contributed by atoms with Gasteiger partial charge in [0, 0.05) is 5.57 Å². The molecular weight excluding hydrogens is 336 g/mol. The highest BCUT2D eigenvalue weighted by molar-refractivity contribution is 6.21. The van der Waals surface area contributed by atoms with Crippen LogP contribution in [0.1, 0.15) is 23.6 Å². The van der Waals surface area contributed by atoms with Crippen molar-refractivity contribution in [2.24, 2.45) is 0 Å². The Morgan fingerprint density at radius 3 is 2.73 bits per heavy atom. The molecule has 1 aromatic carbocycles. The number of hydrogen-bond acceptors (Lipinski definition) is 6. The number of ether oxygens (including phenoxy) is 4. The molecule has 2 bridgehead atoms. The van der Waals surface area contributed by atoms with Crippen LogP contribution in [-0.4, -0.2) is 18.7 Å². The van der Waals surface area contributed by atoms with E-state index in [1.807, 2.05) is 6.92 Å². The monoisotopic (exact) mass is 354 g/mol. The molecule has 3 rings (SSSR count). The van der Waals surface area contributed by atoms with Crippen molar-refractivity contribution in [3.8, 4) is 17.2 Å². The largest absolute Gasteiger partial charge is 0.468 e. The third-order valence-corrected chi connectivity index (χ3v) is 3.75. The third-order valence-electron chi connectivity index (χ3n) is 3.75. The molecule has 0 atom stereocenters. The molecule has 134 valence electrons. The van der Waals surface area contributed by atoms with Crippen LogP contribution in [0.5, 0.6) is 17.2 Å². The van der Waals surface area contributed by atoms with Crippen molar-refractivity contribution in [2.45, 2.75) is 20.5 Å². The van der Waals surface area contributed by atoms with Crippen LogP contribution in [0.25, 0.3) is 5.57 Å². The van der Waals surface area contributed by atoms with Gasteiger partial charge < -0.3 is 18.9 Å². The van der Waals surface area contributed by atoms with Gasteiger partial charge in [0.1, 0.15) is 17.2 Å². The van der Waals surface area contributed by atoms with Crippen molar-refractivity contribution in [3.63, 3.8) is 0 Å². The van der Waals surface area contributed by atoms with Crippen molar-refractivity contribution in [3.05, 3.63) is 59.7 Å². The summed E-state index contributed by atoms with van der Waals surface area (Å²) in [7, 11) is 0. The van der Waals surface area contributed by atoms with E-state index in [0.29, 0.717) is 16.9 Å². The maximum atomic E-state index is 12.1. The predicted molar refractivity (Wildman–Crippen MR) is 94.2 cm³/mol. The van der Waals surface area contributed by atoms with Crippen LogP contribution < -0.4 is 14.2 Å². The summed E-state index contributed by atoms with van der Waals surface area (Å²) in [6, 6.07) is 6.85. The first-order valence-corrected chi connectivity index (χ1v) is 7.91. The first-order valence-electron chi connectivity index (χ1n) is 7.91. The minimum atomic E-state index is -0.616. The number of fused-ring (bicyclic) bond motifs is 3. The zero-order chi connectivity index (χ0) is 18.8. The lowest BCUT2D eigenvalue weighted by atomic mass is 10.1. The van der Waals surface area contributed by atoms with Gasteiger partial charge in [0.25, 0.3) is 0 Å². The van der Waals surface area contributed by atoms with Crippen LogP contribution in [0.2, 0.25) is 0 Å². The van der Waals surface area contributed by atoms with Crippen molar-refractivity contribution in [1.29, 1.82) is 0 Å². The van der Waals surface area contributed by atoms with E-state index < -0.39 is 11.9 Å². The van der Waals surface area contributed by atoms with Gasteiger partial charge in [0.2, 0.25) is 0 Å². The zero-order valence-corrected chi connectivity index (χ0v) is 14.6. The van der Waals surface area contributed by atoms with Crippen molar-refractivity contribution in [1.82, 2.24) is 0 Å². The van der Waals surface area contributed by atoms with Crippen LogP contribution >= 0.6 is 0 Å². The zero-order valence-electron chi connectivity index (χ0n) is 14.6. The second kappa shape index (κ2) is 7.01. The highest BCUT2D eigenvalue weighted by atomic mass is 16.7. The Morgan fingerprint density at radius 1 is 1.23 bits per heavy atom. The van der Waals surface area contributed by atoms with Gasteiger partial charge in [0.05, 0.1) is 17.7 Å². The maximum Gasteiger partial charge on any atom is 0.343 e. The van der Waals surface area contributed by atoms with E-state index in [2.05, 4.69) is 13.2 Å². The lowest BCUT2D eigenvalue weighted by molar-refractivity contribution is -0.130. The van der Waals surface area contributed by atoms with Crippen LogP contribution in [0, 0.1) is 6.92 Å². The van der Waals surface area contributed by atoms with Crippen molar-refractivity contribution in [2.75, 3.05) is 6.79 Å². The summed E-state index contributed by atoms with van der Waals surface area (Å²) >= 11 is 0. The highest BCUT2D eigenvalue weighted by Crippen LogP contribution is 2.39. The molecule has 2 aliphatic heterocycles. The molecular formula is C20H18O6. The fraction of sp³-hybridized carbons (Fsp3) is 0.200. The first kappa shape index (κ1) is 17.7. The van der Waals surface area contributed by atoms with Crippen LogP contribution in [-0.2, 0) is 20.9 Å². The van der Waals surface area contributed by atoms with E-state index in [4.69, 9.17) is 18.9 Å². The van der Waals surface area contributed by atoms with Crippen molar-refractivity contribution < 1.29 is 28.5 Å². The number of carbonyl (C=O) groups excluding carboxylic acids is 2. The molecule has 0 saturated carbocycles. The van der Waals surface area contributed by atoms with Crippen LogP contribution in [0.3, 0.4) is 0 Å². The highest BCUT2D eigenvalue weighted by Gasteiger charge is 2.29. The summed E-state index contributed by atoms with van der Waals surface area (Å²) in [5, 5.41) is 0.